The first-order valence-corrected chi connectivity index (χ1v) is 12.3. The highest BCUT2D eigenvalue weighted by molar-refractivity contribution is 6.21. The van der Waals surface area contributed by atoms with Gasteiger partial charge in [0.05, 0.1) is 0 Å². The summed E-state index contributed by atoms with van der Waals surface area (Å²) in [5.74, 6) is 0. The number of rotatable bonds is 4. The van der Waals surface area contributed by atoms with Gasteiger partial charge in [0.25, 0.3) is 0 Å². The molecule has 0 aromatic heterocycles. The van der Waals surface area contributed by atoms with Crippen LogP contribution in [-0.2, 0) is 0 Å². The maximum absolute atomic E-state index is 4.21. The molecule has 0 saturated heterocycles. The van der Waals surface area contributed by atoms with Crippen LogP contribution in [0.15, 0.2) is 140 Å². The molecule has 0 spiro atoms. The van der Waals surface area contributed by atoms with Crippen LogP contribution in [0.4, 0.5) is 0 Å². The fourth-order valence-corrected chi connectivity index (χ4v) is 5.34. The highest BCUT2D eigenvalue weighted by Gasteiger charge is 2.16. The minimum Gasteiger partial charge on any atom is -0.0984 e. The largest absolute Gasteiger partial charge is 0.0984 e. The Morgan fingerprint density at radius 1 is 0.472 bits per heavy atom. The summed E-state index contributed by atoms with van der Waals surface area (Å²) in [5.41, 5.74) is 7.24. The second kappa shape index (κ2) is 9.17. The van der Waals surface area contributed by atoms with Crippen molar-refractivity contribution in [2.45, 2.75) is 0 Å². The Balaban J connectivity index is 1.62. The summed E-state index contributed by atoms with van der Waals surface area (Å²) < 4.78 is 0. The Morgan fingerprint density at radius 2 is 0.917 bits per heavy atom. The number of hydrogen-bond donors (Lipinski definition) is 0. The van der Waals surface area contributed by atoms with Crippen LogP contribution in [0.2, 0.25) is 0 Å². The quantitative estimate of drug-likeness (QED) is 0.234. The zero-order valence-corrected chi connectivity index (χ0v) is 20.1. The van der Waals surface area contributed by atoms with Gasteiger partial charge < -0.3 is 0 Å². The van der Waals surface area contributed by atoms with Crippen molar-refractivity contribution in [3.63, 3.8) is 0 Å². The third-order valence-corrected chi connectivity index (χ3v) is 6.99. The molecule has 0 fully saturated rings. The number of fused-ring (bicyclic) bond motifs is 2. The Hall–Kier alpha value is -4.68. The molecule has 6 rings (SSSR count). The van der Waals surface area contributed by atoms with Gasteiger partial charge in [-0.15, -0.1) is 0 Å². The Kier molecular flexibility index (Phi) is 5.56. The van der Waals surface area contributed by atoms with E-state index in [1.54, 1.807) is 0 Å². The topological polar surface area (TPSA) is 0 Å². The number of hydrogen-bond acceptors (Lipinski definition) is 0. The highest BCUT2D eigenvalue weighted by atomic mass is 14.2. The summed E-state index contributed by atoms with van der Waals surface area (Å²) in [6.45, 7) is 8.30. The van der Waals surface area contributed by atoms with Crippen LogP contribution < -0.4 is 10.4 Å². The minimum atomic E-state index is 1.00. The summed E-state index contributed by atoms with van der Waals surface area (Å²) in [7, 11) is 0. The second-order valence-electron chi connectivity index (χ2n) is 9.06. The van der Waals surface area contributed by atoms with Gasteiger partial charge >= 0.3 is 0 Å². The Labute approximate surface area is 211 Å². The van der Waals surface area contributed by atoms with Crippen LogP contribution in [0, 0.1) is 0 Å². The van der Waals surface area contributed by atoms with Crippen molar-refractivity contribution < 1.29 is 0 Å². The van der Waals surface area contributed by atoms with Gasteiger partial charge in [-0.2, -0.15) is 0 Å². The van der Waals surface area contributed by atoms with E-state index in [1.165, 1.54) is 43.8 Å². The first-order valence-electron chi connectivity index (χ1n) is 12.3. The van der Waals surface area contributed by atoms with Crippen LogP contribution in [0.5, 0.6) is 0 Å². The molecule has 0 radical (unpaired) electrons. The monoisotopic (exact) mass is 458 g/mol. The maximum atomic E-state index is 4.21. The van der Waals surface area contributed by atoms with Crippen molar-refractivity contribution in [1.29, 1.82) is 0 Å². The molecule has 0 heteroatoms. The summed E-state index contributed by atoms with van der Waals surface area (Å²) in [4.78, 5) is 0. The minimum absolute atomic E-state index is 1.00. The fraction of sp³-hybridized carbons (Fsp3) is 0. The van der Waals surface area contributed by atoms with Gasteiger partial charge in [-0.25, -0.2) is 0 Å². The van der Waals surface area contributed by atoms with E-state index in [0.29, 0.717) is 0 Å². The summed E-state index contributed by atoms with van der Waals surface area (Å²) in [6, 6.07) is 45.3. The standard InChI is InChI=1S/C36H26/c1-3-29(30-16-8-7-13-25(30)2)26-21-23-28(24-22-26)36-33-19-11-9-17-31(33)35(27-14-5-4-6-15-27)32-18-10-12-20-34(32)36/h3-24H,1-2H2/b30-29+. The van der Waals surface area contributed by atoms with E-state index in [2.05, 4.69) is 128 Å². The Bertz CT molecular complexity index is 1780. The van der Waals surface area contributed by atoms with Gasteiger partial charge in [-0.05, 0) is 65.4 Å². The molecular weight excluding hydrogens is 432 g/mol. The van der Waals surface area contributed by atoms with Crippen LogP contribution in [0.3, 0.4) is 0 Å². The van der Waals surface area contributed by atoms with Crippen molar-refractivity contribution in [3.8, 4) is 22.3 Å². The van der Waals surface area contributed by atoms with Crippen molar-refractivity contribution in [3.05, 3.63) is 156 Å². The van der Waals surface area contributed by atoms with Crippen molar-refractivity contribution in [1.82, 2.24) is 0 Å². The molecule has 0 saturated carbocycles. The molecule has 0 atom stereocenters. The molecule has 0 bridgehead atoms. The Morgan fingerprint density at radius 3 is 1.42 bits per heavy atom. The van der Waals surface area contributed by atoms with Crippen LogP contribution >= 0.6 is 0 Å². The molecule has 0 N–H and O–H groups in total. The molecule has 0 unspecified atom stereocenters. The lowest BCUT2D eigenvalue weighted by Crippen LogP contribution is -2.24. The molecule has 0 aliphatic carbocycles. The van der Waals surface area contributed by atoms with Crippen LogP contribution in [0.25, 0.3) is 56.0 Å². The van der Waals surface area contributed by atoms with Crippen molar-refractivity contribution in [2.75, 3.05) is 0 Å². The summed E-state index contributed by atoms with van der Waals surface area (Å²) >= 11 is 0. The molecule has 0 heterocycles. The number of benzene rings is 6. The molecule has 6 aromatic carbocycles. The van der Waals surface area contributed by atoms with Gasteiger partial charge in [-0.1, -0.05) is 147 Å². The highest BCUT2D eigenvalue weighted by Crippen LogP contribution is 2.43. The van der Waals surface area contributed by atoms with Gasteiger partial charge in [0, 0.05) is 0 Å². The summed E-state index contributed by atoms with van der Waals surface area (Å²) in [5, 5.41) is 7.18. The lowest BCUT2D eigenvalue weighted by Gasteiger charge is -2.18. The van der Waals surface area contributed by atoms with Crippen LogP contribution in [0.1, 0.15) is 5.56 Å². The fourth-order valence-electron chi connectivity index (χ4n) is 5.34. The van der Waals surface area contributed by atoms with Gasteiger partial charge in [0.15, 0.2) is 0 Å². The van der Waals surface area contributed by atoms with E-state index in [1.807, 2.05) is 18.2 Å². The van der Waals surface area contributed by atoms with Gasteiger partial charge in [-0.3, -0.25) is 0 Å². The first-order chi connectivity index (χ1) is 17.8. The molecular formula is C36H26. The van der Waals surface area contributed by atoms with Gasteiger partial charge in [0.1, 0.15) is 0 Å². The smallest absolute Gasteiger partial charge is 0.00264 e. The van der Waals surface area contributed by atoms with E-state index >= 15 is 0 Å². The average Bonchev–Trinajstić information content (AvgIpc) is 2.94. The normalized spacial score (nSPS) is 12.0. The molecule has 0 amide bonds. The predicted octanol–water partition coefficient (Wildman–Crippen LogP) is 8.12. The third-order valence-electron chi connectivity index (χ3n) is 6.99. The van der Waals surface area contributed by atoms with E-state index in [0.717, 1.165) is 21.6 Å². The predicted molar refractivity (Wildman–Crippen MR) is 156 cm³/mol. The molecule has 6 aromatic rings. The van der Waals surface area contributed by atoms with Crippen molar-refractivity contribution in [2.24, 2.45) is 0 Å². The second-order valence-corrected chi connectivity index (χ2v) is 9.06. The van der Waals surface area contributed by atoms with Crippen LogP contribution in [-0.4, -0.2) is 0 Å². The summed E-state index contributed by atoms with van der Waals surface area (Å²) in [6.07, 6.45) is 1.93. The first kappa shape index (κ1) is 21.8. The van der Waals surface area contributed by atoms with Crippen molar-refractivity contribution >= 4 is 33.7 Å². The zero-order chi connectivity index (χ0) is 24.5. The van der Waals surface area contributed by atoms with E-state index < -0.39 is 0 Å². The maximum Gasteiger partial charge on any atom is -0.00264 e. The molecule has 170 valence electrons. The number of allylic oxidation sites excluding steroid dienone is 1. The lowest BCUT2D eigenvalue weighted by molar-refractivity contribution is 1.48. The third kappa shape index (κ3) is 3.65. The molecule has 36 heavy (non-hydrogen) atoms. The van der Waals surface area contributed by atoms with E-state index in [4.69, 9.17) is 0 Å². The lowest BCUT2D eigenvalue weighted by atomic mass is 9.85. The SMILES string of the molecule is C=C/C(c1ccc(-c2c3ccccc3c(-c3ccccc3)c3ccccc23)cc1)=c1/ccccc1=C. The zero-order valence-electron chi connectivity index (χ0n) is 20.1. The molecule has 0 aliphatic rings. The molecule has 0 nitrogen and oxygen atoms in total. The average molecular weight is 459 g/mol. The van der Waals surface area contributed by atoms with Gasteiger partial charge in [0.2, 0.25) is 0 Å². The van der Waals surface area contributed by atoms with E-state index in [-0.39, 0.29) is 0 Å². The van der Waals surface area contributed by atoms with E-state index in [9.17, 15) is 0 Å². The molecule has 0 aliphatic heterocycles.